The summed E-state index contributed by atoms with van der Waals surface area (Å²) < 4.78 is 24.9. The largest absolute Gasteiger partial charge is 0.387 e. The van der Waals surface area contributed by atoms with Crippen LogP contribution in [0.15, 0.2) is 18.2 Å². The molecule has 0 radical (unpaired) electrons. The van der Waals surface area contributed by atoms with Crippen LogP contribution in [0.3, 0.4) is 0 Å². The van der Waals surface area contributed by atoms with E-state index in [0.29, 0.717) is 0 Å². The van der Waals surface area contributed by atoms with Gasteiger partial charge in [-0.3, -0.25) is 0 Å². The maximum Gasteiger partial charge on any atom is 0.159 e. The summed E-state index contributed by atoms with van der Waals surface area (Å²) in [6, 6.07) is 3.19. The van der Waals surface area contributed by atoms with Crippen LogP contribution in [0.1, 0.15) is 11.7 Å². The minimum Gasteiger partial charge on any atom is -0.387 e. The fourth-order valence-electron chi connectivity index (χ4n) is 0.809. The van der Waals surface area contributed by atoms with Gasteiger partial charge in [0, 0.05) is 0 Å². The highest BCUT2D eigenvalue weighted by atomic mass is 35.5. The second-order valence-corrected chi connectivity index (χ2v) is 2.65. The monoisotopic (exact) mass is 192 g/mol. The van der Waals surface area contributed by atoms with Crippen LogP contribution in [-0.4, -0.2) is 11.0 Å². The lowest BCUT2D eigenvalue weighted by molar-refractivity contribution is 0.202. The molecule has 1 aromatic carbocycles. The quantitative estimate of drug-likeness (QED) is 0.713. The van der Waals surface area contributed by atoms with Crippen molar-refractivity contribution in [1.82, 2.24) is 0 Å². The summed E-state index contributed by atoms with van der Waals surface area (Å²) in [5.41, 5.74) is 0.281. The number of hydrogen-bond donors (Lipinski definition) is 1. The van der Waals surface area contributed by atoms with Gasteiger partial charge in [0.1, 0.15) is 0 Å². The van der Waals surface area contributed by atoms with E-state index in [1.165, 1.54) is 6.07 Å². The van der Waals surface area contributed by atoms with Crippen LogP contribution in [0.4, 0.5) is 8.78 Å². The Morgan fingerprint density at radius 1 is 1.33 bits per heavy atom. The molecule has 0 saturated carbocycles. The average Bonchev–Trinajstić information content (AvgIpc) is 2.08. The van der Waals surface area contributed by atoms with Crippen LogP contribution >= 0.6 is 11.6 Å². The number of alkyl halides is 1. The van der Waals surface area contributed by atoms with Crippen LogP contribution in [0.2, 0.25) is 0 Å². The predicted octanol–water partition coefficient (Wildman–Crippen LogP) is 2.24. The zero-order chi connectivity index (χ0) is 9.14. The van der Waals surface area contributed by atoms with Gasteiger partial charge in [-0.15, -0.1) is 11.6 Å². The first kappa shape index (κ1) is 9.42. The molecule has 1 aromatic rings. The number of hydrogen-bond acceptors (Lipinski definition) is 1. The van der Waals surface area contributed by atoms with Gasteiger partial charge in [-0.1, -0.05) is 6.07 Å². The third kappa shape index (κ3) is 1.93. The Labute approximate surface area is 73.6 Å². The minimum atomic E-state index is -0.975. The lowest BCUT2D eigenvalue weighted by atomic mass is 10.1. The molecule has 0 unspecified atom stereocenters. The number of aliphatic hydroxyl groups is 1. The third-order valence-corrected chi connectivity index (χ3v) is 1.77. The molecule has 1 atom stereocenters. The van der Waals surface area contributed by atoms with Crippen molar-refractivity contribution in [3.8, 4) is 0 Å². The number of rotatable bonds is 2. The van der Waals surface area contributed by atoms with Crippen molar-refractivity contribution in [3.63, 3.8) is 0 Å². The summed E-state index contributed by atoms with van der Waals surface area (Å²) in [4.78, 5) is 0. The zero-order valence-electron chi connectivity index (χ0n) is 6.10. The van der Waals surface area contributed by atoms with Crippen LogP contribution in [0.5, 0.6) is 0 Å². The van der Waals surface area contributed by atoms with Crippen molar-refractivity contribution in [1.29, 1.82) is 0 Å². The summed E-state index contributed by atoms with van der Waals surface area (Å²) >= 11 is 5.31. The SMILES string of the molecule is O[C@H](CCl)c1ccc(F)c(F)c1. The molecule has 0 spiro atoms. The van der Waals surface area contributed by atoms with E-state index in [2.05, 4.69) is 0 Å². The van der Waals surface area contributed by atoms with Crippen molar-refractivity contribution in [3.05, 3.63) is 35.4 Å². The molecule has 0 aromatic heterocycles. The van der Waals surface area contributed by atoms with E-state index < -0.39 is 17.7 Å². The maximum absolute atomic E-state index is 12.5. The van der Waals surface area contributed by atoms with E-state index in [-0.39, 0.29) is 11.4 Å². The number of halogens is 3. The summed E-state index contributed by atoms with van der Waals surface area (Å²) in [6.45, 7) is 0. The number of aliphatic hydroxyl groups excluding tert-OH is 1. The molecule has 0 aliphatic carbocycles. The van der Waals surface area contributed by atoms with E-state index in [4.69, 9.17) is 16.7 Å². The molecule has 0 fully saturated rings. The van der Waals surface area contributed by atoms with Crippen molar-refractivity contribution < 1.29 is 13.9 Å². The van der Waals surface area contributed by atoms with Gasteiger partial charge < -0.3 is 5.11 Å². The molecule has 12 heavy (non-hydrogen) atoms. The van der Waals surface area contributed by atoms with Crippen LogP contribution < -0.4 is 0 Å². The van der Waals surface area contributed by atoms with Gasteiger partial charge in [-0.05, 0) is 17.7 Å². The lowest BCUT2D eigenvalue weighted by Crippen LogP contribution is -1.99. The van der Waals surface area contributed by atoms with E-state index in [1.54, 1.807) is 0 Å². The molecule has 66 valence electrons. The second kappa shape index (κ2) is 3.83. The van der Waals surface area contributed by atoms with Crippen LogP contribution in [0.25, 0.3) is 0 Å². The molecule has 4 heteroatoms. The molecule has 1 N–H and O–H groups in total. The van der Waals surface area contributed by atoms with Gasteiger partial charge in [0.05, 0.1) is 12.0 Å². The molecule has 0 amide bonds. The lowest BCUT2D eigenvalue weighted by Gasteiger charge is -2.06. The van der Waals surface area contributed by atoms with E-state index in [1.807, 2.05) is 0 Å². The molecule has 1 nitrogen and oxygen atoms in total. The van der Waals surface area contributed by atoms with Crippen LogP contribution in [0, 0.1) is 11.6 Å². The van der Waals surface area contributed by atoms with E-state index >= 15 is 0 Å². The van der Waals surface area contributed by atoms with Crippen molar-refractivity contribution in [2.45, 2.75) is 6.10 Å². The molecule has 0 aliphatic rings. The second-order valence-electron chi connectivity index (χ2n) is 2.34. The average molecular weight is 193 g/mol. The topological polar surface area (TPSA) is 20.2 Å². The number of benzene rings is 1. The van der Waals surface area contributed by atoms with Gasteiger partial charge >= 0.3 is 0 Å². The molecule has 0 aliphatic heterocycles. The van der Waals surface area contributed by atoms with Gasteiger partial charge in [0.25, 0.3) is 0 Å². The van der Waals surface area contributed by atoms with Gasteiger partial charge in [0.2, 0.25) is 0 Å². The van der Waals surface area contributed by atoms with Crippen molar-refractivity contribution in [2.24, 2.45) is 0 Å². The van der Waals surface area contributed by atoms with Crippen molar-refractivity contribution in [2.75, 3.05) is 5.88 Å². The fraction of sp³-hybridized carbons (Fsp3) is 0.250. The smallest absolute Gasteiger partial charge is 0.159 e. The normalized spacial score (nSPS) is 13.0. The molecule has 1 rings (SSSR count). The summed E-state index contributed by atoms with van der Waals surface area (Å²) in [5, 5.41) is 9.12. The summed E-state index contributed by atoms with van der Waals surface area (Å²) in [5.74, 6) is -1.94. The van der Waals surface area contributed by atoms with Crippen molar-refractivity contribution >= 4 is 11.6 Å². The highest BCUT2D eigenvalue weighted by Crippen LogP contribution is 2.16. The summed E-state index contributed by atoms with van der Waals surface area (Å²) in [7, 11) is 0. The first-order valence-electron chi connectivity index (χ1n) is 3.34. The predicted molar refractivity (Wildman–Crippen MR) is 42.0 cm³/mol. The highest BCUT2D eigenvalue weighted by Gasteiger charge is 2.08. The summed E-state index contributed by atoms with van der Waals surface area (Å²) in [6.07, 6.45) is -0.943. The highest BCUT2D eigenvalue weighted by molar-refractivity contribution is 6.18. The van der Waals surface area contributed by atoms with Gasteiger partial charge in [0.15, 0.2) is 11.6 Å². The van der Waals surface area contributed by atoms with Gasteiger partial charge in [-0.2, -0.15) is 0 Å². The minimum absolute atomic E-state index is 0.0366. The molecular formula is C8H7ClF2O. The first-order chi connectivity index (χ1) is 5.65. The Balaban J connectivity index is 2.96. The molecular weight excluding hydrogens is 186 g/mol. The van der Waals surface area contributed by atoms with E-state index in [0.717, 1.165) is 12.1 Å². The molecule has 0 saturated heterocycles. The van der Waals surface area contributed by atoms with Crippen LogP contribution in [-0.2, 0) is 0 Å². The Kier molecular flexibility index (Phi) is 3.00. The molecule has 0 heterocycles. The Morgan fingerprint density at radius 3 is 2.50 bits per heavy atom. The fourth-order valence-corrected chi connectivity index (χ4v) is 0.987. The Morgan fingerprint density at radius 2 is 2.00 bits per heavy atom. The molecule has 0 bridgehead atoms. The van der Waals surface area contributed by atoms with Gasteiger partial charge in [-0.25, -0.2) is 8.78 Å². The maximum atomic E-state index is 12.5. The third-order valence-electron chi connectivity index (χ3n) is 1.47. The van der Waals surface area contributed by atoms with E-state index in [9.17, 15) is 8.78 Å². The first-order valence-corrected chi connectivity index (χ1v) is 3.87. The Hall–Kier alpha value is -0.670. The Bertz CT molecular complexity index is 278. The standard InChI is InChI=1S/C8H7ClF2O/c9-4-8(12)5-1-2-6(10)7(11)3-5/h1-3,8,12H,4H2/t8-/m1/s1. The zero-order valence-corrected chi connectivity index (χ0v) is 6.85.